The minimum Gasteiger partial charge on any atom is -0.480 e. The van der Waals surface area contributed by atoms with Crippen molar-refractivity contribution in [3.05, 3.63) is 34.4 Å². The van der Waals surface area contributed by atoms with E-state index in [9.17, 15) is 14.9 Å². The number of carbonyl (C=O) groups is 1. The van der Waals surface area contributed by atoms with Gasteiger partial charge in [0.25, 0.3) is 5.69 Å². The molecule has 104 valence electrons. The molecule has 6 nitrogen and oxygen atoms in total. The zero-order valence-corrected chi connectivity index (χ0v) is 11.4. The summed E-state index contributed by atoms with van der Waals surface area (Å²) in [5.41, 5.74) is 0.0308. The molecule has 0 radical (unpaired) electrons. The number of non-ortho nitro benzene ring substituents is 1. The molecule has 7 heteroatoms. The lowest BCUT2D eigenvalue weighted by Gasteiger charge is -2.13. The standard InChI is InChI=1S/C12H16N2O4S/c1-2-7-13-11(12(15)16)8-19-10-5-3-9(4-6-10)14(17)18/h3-6,11,13H,2,7-8H2,1H3,(H,15,16). The number of benzene rings is 1. The van der Waals surface area contributed by atoms with Crippen LogP contribution in [0.25, 0.3) is 0 Å². The van der Waals surface area contributed by atoms with Gasteiger partial charge in [0.15, 0.2) is 0 Å². The summed E-state index contributed by atoms with van der Waals surface area (Å²) in [4.78, 5) is 21.9. The van der Waals surface area contributed by atoms with Crippen LogP contribution in [0.5, 0.6) is 0 Å². The number of thioether (sulfide) groups is 1. The molecule has 0 saturated carbocycles. The molecule has 0 bridgehead atoms. The first kappa shape index (κ1) is 15.5. The first-order valence-corrected chi connectivity index (χ1v) is 6.86. The SMILES string of the molecule is CCCNC(CSc1ccc([N+](=O)[O-])cc1)C(=O)O. The predicted octanol–water partition coefficient (Wildman–Crippen LogP) is 2.14. The summed E-state index contributed by atoms with van der Waals surface area (Å²) in [7, 11) is 0. The van der Waals surface area contributed by atoms with Crippen molar-refractivity contribution in [2.45, 2.75) is 24.3 Å². The largest absolute Gasteiger partial charge is 0.480 e. The highest BCUT2D eigenvalue weighted by atomic mass is 32.2. The molecule has 0 aliphatic heterocycles. The Morgan fingerprint density at radius 3 is 2.58 bits per heavy atom. The molecule has 19 heavy (non-hydrogen) atoms. The fourth-order valence-corrected chi connectivity index (χ4v) is 2.33. The van der Waals surface area contributed by atoms with Crippen molar-refractivity contribution in [3.63, 3.8) is 0 Å². The Morgan fingerprint density at radius 1 is 1.47 bits per heavy atom. The molecule has 0 aliphatic carbocycles. The third kappa shape index (κ3) is 5.27. The lowest BCUT2D eigenvalue weighted by atomic mass is 10.3. The van der Waals surface area contributed by atoms with Crippen molar-refractivity contribution in [1.29, 1.82) is 0 Å². The quantitative estimate of drug-likeness (QED) is 0.431. The maximum atomic E-state index is 11.0. The second-order valence-corrected chi connectivity index (χ2v) is 5.00. The molecule has 0 aromatic heterocycles. The number of nitrogens with one attached hydrogen (secondary N) is 1. The molecule has 1 unspecified atom stereocenters. The monoisotopic (exact) mass is 284 g/mol. The van der Waals surface area contributed by atoms with Crippen LogP contribution in [0.3, 0.4) is 0 Å². The molecule has 1 atom stereocenters. The van der Waals surface area contributed by atoms with Crippen LogP contribution in [0.1, 0.15) is 13.3 Å². The van der Waals surface area contributed by atoms with Crippen molar-refractivity contribution >= 4 is 23.4 Å². The van der Waals surface area contributed by atoms with Gasteiger partial charge in [-0.25, -0.2) is 0 Å². The number of nitro groups is 1. The number of carboxylic acid groups (broad SMARTS) is 1. The molecule has 0 amide bonds. The van der Waals surface area contributed by atoms with E-state index >= 15 is 0 Å². The minimum atomic E-state index is -0.886. The van der Waals surface area contributed by atoms with Gasteiger partial charge in [-0.05, 0) is 25.1 Å². The summed E-state index contributed by atoms with van der Waals surface area (Å²) in [5.74, 6) is -0.504. The molecule has 0 fully saturated rings. The van der Waals surface area contributed by atoms with Crippen molar-refractivity contribution in [1.82, 2.24) is 5.32 Å². The maximum absolute atomic E-state index is 11.0. The number of nitro benzene ring substituents is 1. The topological polar surface area (TPSA) is 92.5 Å². The molecule has 0 spiro atoms. The van der Waals surface area contributed by atoms with Crippen molar-refractivity contribution in [2.75, 3.05) is 12.3 Å². The molecule has 1 aromatic rings. The molecular weight excluding hydrogens is 268 g/mol. The third-order valence-corrected chi connectivity index (χ3v) is 3.51. The van der Waals surface area contributed by atoms with Gasteiger partial charge in [0.2, 0.25) is 0 Å². The minimum absolute atomic E-state index is 0.0308. The van der Waals surface area contributed by atoms with E-state index in [1.807, 2.05) is 6.92 Å². The van der Waals surface area contributed by atoms with Crippen molar-refractivity contribution in [3.8, 4) is 0 Å². The van der Waals surface area contributed by atoms with E-state index in [-0.39, 0.29) is 5.69 Å². The Kier molecular flexibility index (Phi) is 6.31. The van der Waals surface area contributed by atoms with Crippen LogP contribution < -0.4 is 5.32 Å². The highest BCUT2D eigenvalue weighted by Gasteiger charge is 2.16. The number of aliphatic carboxylic acids is 1. The van der Waals surface area contributed by atoms with Crippen LogP contribution in [-0.2, 0) is 4.79 Å². The molecule has 1 rings (SSSR count). The lowest BCUT2D eigenvalue weighted by Crippen LogP contribution is -2.39. The summed E-state index contributed by atoms with van der Waals surface area (Å²) in [5, 5.41) is 22.5. The van der Waals surface area contributed by atoms with Crippen LogP contribution in [0.15, 0.2) is 29.2 Å². The van der Waals surface area contributed by atoms with Gasteiger partial charge < -0.3 is 10.4 Å². The fraction of sp³-hybridized carbons (Fsp3) is 0.417. The number of carboxylic acids is 1. The van der Waals surface area contributed by atoms with Crippen LogP contribution in [0, 0.1) is 10.1 Å². The molecule has 0 aliphatic rings. The van der Waals surface area contributed by atoms with Crippen LogP contribution >= 0.6 is 11.8 Å². The summed E-state index contributed by atoms with van der Waals surface area (Å²) < 4.78 is 0. The second-order valence-electron chi connectivity index (χ2n) is 3.91. The Balaban J connectivity index is 2.54. The molecule has 0 heterocycles. The lowest BCUT2D eigenvalue weighted by molar-refractivity contribution is -0.384. The zero-order chi connectivity index (χ0) is 14.3. The summed E-state index contributed by atoms with van der Waals surface area (Å²) in [6, 6.07) is 5.47. The molecule has 0 saturated heterocycles. The third-order valence-electron chi connectivity index (χ3n) is 2.40. The second kappa shape index (κ2) is 7.75. The molecule has 1 aromatic carbocycles. The van der Waals surface area contributed by atoms with E-state index in [4.69, 9.17) is 5.11 Å². The average Bonchev–Trinajstić information content (AvgIpc) is 2.39. The number of rotatable bonds is 8. The maximum Gasteiger partial charge on any atom is 0.321 e. The van der Waals surface area contributed by atoms with E-state index in [1.54, 1.807) is 12.1 Å². The van der Waals surface area contributed by atoms with Crippen LogP contribution in [0.2, 0.25) is 0 Å². The smallest absolute Gasteiger partial charge is 0.321 e. The van der Waals surface area contributed by atoms with E-state index < -0.39 is 16.9 Å². The highest BCUT2D eigenvalue weighted by Crippen LogP contribution is 2.22. The predicted molar refractivity (Wildman–Crippen MR) is 73.5 cm³/mol. The van der Waals surface area contributed by atoms with E-state index in [2.05, 4.69) is 5.32 Å². The summed E-state index contributed by atoms with van der Waals surface area (Å²) >= 11 is 1.36. The average molecular weight is 284 g/mol. The van der Waals surface area contributed by atoms with Gasteiger partial charge in [0, 0.05) is 22.8 Å². The van der Waals surface area contributed by atoms with Gasteiger partial charge in [-0.1, -0.05) is 6.92 Å². The summed E-state index contributed by atoms with van der Waals surface area (Å²) in [6.45, 7) is 2.62. The zero-order valence-electron chi connectivity index (χ0n) is 10.5. The van der Waals surface area contributed by atoms with Gasteiger partial charge >= 0.3 is 5.97 Å². The van der Waals surface area contributed by atoms with Crippen LogP contribution in [-0.4, -0.2) is 34.3 Å². The van der Waals surface area contributed by atoms with E-state index in [0.717, 1.165) is 11.3 Å². The van der Waals surface area contributed by atoms with Crippen molar-refractivity contribution < 1.29 is 14.8 Å². The normalized spacial score (nSPS) is 12.1. The van der Waals surface area contributed by atoms with Gasteiger partial charge in [-0.2, -0.15) is 0 Å². The van der Waals surface area contributed by atoms with E-state index in [1.165, 1.54) is 23.9 Å². The number of hydrogen-bond donors (Lipinski definition) is 2. The summed E-state index contributed by atoms with van der Waals surface area (Å²) in [6.07, 6.45) is 0.867. The van der Waals surface area contributed by atoms with Gasteiger partial charge in [0.05, 0.1) is 4.92 Å². The van der Waals surface area contributed by atoms with Crippen molar-refractivity contribution in [2.24, 2.45) is 0 Å². The number of hydrogen-bond acceptors (Lipinski definition) is 5. The Bertz CT molecular complexity index is 436. The highest BCUT2D eigenvalue weighted by molar-refractivity contribution is 7.99. The van der Waals surface area contributed by atoms with Gasteiger partial charge in [0.1, 0.15) is 6.04 Å². The number of nitrogens with zero attached hydrogens (tertiary/aromatic N) is 1. The first-order chi connectivity index (χ1) is 9.04. The fourth-order valence-electron chi connectivity index (χ4n) is 1.38. The van der Waals surface area contributed by atoms with Gasteiger partial charge in [-0.15, -0.1) is 11.8 Å². The van der Waals surface area contributed by atoms with E-state index in [0.29, 0.717) is 12.3 Å². The Labute approximate surface area is 115 Å². The molecule has 2 N–H and O–H groups in total. The van der Waals surface area contributed by atoms with Gasteiger partial charge in [-0.3, -0.25) is 14.9 Å². The Morgan fingerprint density at radius 2 is 2.11 bits per heavy atom. The van der Waals surface area contributed by atoms with Crippen LogP contribution in [0.4, 0.5) is 5.69 Å². The molecular formula is C12H16N2O4S. The Hall–Kier alpha value is -1.60. The first-order valence-electron chi connectivity index (χ1n) is 5.88.